The summed E-state index contributed by atoms with van der Waals surface area (Å²) < 4.78 is 35.8. The third kappa shape index (κ3) is 5.26. The van der Waals surface area contributed by atoms with Crippen LogP contribution in [0.15, 0.2) is 36.8 Å². The highest BCUT2D eigenvalue weighted by Crippen LogP contribution is 2.35. The van der Waals surface area contributed by atoms with Crippen LogP contribution in [0.4, 0.5) is 26.1 Å². The Labute approximate surface area is 229 Å². The summed E-state index contributed by atoms with van der Waals surface area (Å²) in [5.41, 5.74) is 1.62. The van der Waals surface area contributed by atoms with E-state index in [-0.39, 0.29) is 40.0 Å². The van der Waals surface area contributed by atoms with E-state index in [0.29, 0.717) is 11.5 Å². The van der Waals surface area contributed by atoms with Gasteiger partial charge >= 0.3 is 0 Å². The van der Waals surface area contributed by atoms with Crippen LogP contribution in [0.1, 0.15) is 35.8 Å². The van der Waals surface area contributed by atoms with Crippen LogP contribution < -0.4 is 20.3 Å². The van der Waals surface area contributed by atoms with Crippen molar-refractivity contribution in [2.75, 3.05) is 42.9 Å². The van der Waals surface area contributed by atoms with Gasteiger partial charge in [-0.15, -0.1) is 0 Å². The molecule has 12 heteroatoms. The molecule has 40 heavy (non-hydrogen) atoms. The molecule has 0 spiro atoms. The smallest absolute Gasteiger partial charge is 0.260 e. The number of aromatic nitrogens is 4. The number of piperazine rings is 1. The Bertz CT molecular complexity index is 1550. The van der Waals surface area contributed by atoms with E-state index in [9.17, 15) is 9.18 Å². The predicted molar refractivity (Wildman–Crippen MR) is 147 cm³/mol. The molecule has 2 fully saturated rings. The molecular formula is C28H30F2N8O2. The van der Waals surface area contributed by atoms with Gasteiger partial charge in [0.2, 0.25) is 5.88 Å². The van der Waals surface area contributed by atoms with Crippen molar-refractivity contribution in [3.8, 4) is 11.6 Å². The molecule has 3 aromatic heterocycles. The largest absolute Gasteiger partial charge is 0.435 e. The van der Waals surface area contributed by atoms with Crippen molar-refractivity contribution in [2.45, 2.75) is 32.7 Å². The fourth-order valence-corrected chi connectivity index (χ4v) is 4.83. The van der Waals surface area contributed by atoms with Crippen LogP contribution >= 0.6 is 0 Å². The van der Waals surface area contributed by atoms with Crippen LogP contribution in [0, 0.1) is 18.6 Å². The van der Waals surface area contributed by atoms with Crippen LogP contribution in [0.2, 0.25) is 0 Å². The van der Waals surface area contributed by atoms with Gasteiger partial charge in [-0.3, -0.25) is 4.79 Å². The highest BCUT2D eigenvalue weighted by atomic mass is 19.1. The third-order valence-corrected chi connectivity index (χ3v) is 7.24. The summed E-state index contributed by atoms with van der Waals surface area (Å²) in [7, 11) is 0. The number of hydrogen-bond donors (Lipinski definition) is 3. The third-order valence-electron chi connectivity index (χ3n) is 7.24. The van der Waals surface area contributed by atoms with Crippen molar-refractivity contribution < 1.29 is 18.3 Å². The molecule has 1 aromatic carbocycles. The van der Waals surface area contributed by atoms with Crippen LogP contribution in [0.5, 0.6) is 11.6 Å². The number of carbonyl (C=O) groups excluding carboxylic acids is 1. The maximum Gasteiger partial charge on any atom is 0.260 e. The van der Waals surface area contributed by atoms with Gasteiger partial charge in [0.25, 0.3) is 5.91 Å². The lowest BCUT2D eigenvalue weighted by Crippen LogP contribution is -2.46. The number of ether oxygens (including phenoxy) is 1. The monoisotopic (exact) mass is 548 g/mol. The molecule has 0 radical (unpaired) electrons. The molecule has 0 bridgehead atoms. The molecule has 3 N–H and O–H groups in total. The number of carbonyl (C=O) groups is 1. The van der Waals surface area contributed by atoms with E-state index in [1.807, 2.05) is 12.1 Å². The fourth-order valence-electron chi connectivity index (χ4n) is 4.83. The number of fused-ring (bicyclic) bond motifs is 1. The molecular weight excluding hydrogens is 518 g/mol. The van der Waals surface area contributed by atoms with Crippen LogP contribution in [-0.2, 0) is 0 Å². The summed E-state index contributed by atoms with van der Waals surface area (Å²) in [6.07, 6.45) is 4.69. The average molecular weight is 549 g/mol. The van der Waals surface area contributed by atoms with Gasteiger partial charge in [-0.25, -0.2) is 23.7 Å². The SMILES string of the molecule is CCN1CCN(c2ccc(Nc3ncnc(Oc4cc(F)c5[nH]c(C)cc5c4F)c3C(=O)NC3CC3)nc2)CC1. The average Bonchev–Trinajstić information content (AvgIpc) is 3.68. The summed E-state index contributed by atoms with van der Waals surface area (Å²) in [5, 5.41) is 6.02. The Morgan fingerprint density at radius 1 is 1.12 bits per heavy atom. The van der Waals surface area contributed by atoms with E-state index in [1.54, 1.807) is 13.1 Å². The van der Waals surface area contributed by atoms with Gasteiger partial charge in [0.15, 0.2) is 23.2 Å². The number of nitrogens with one attached hydrogen (secondary N) is 3. The maximum absolute atomic E-state index is 15.3. The Morgan fingerprint density at radius 3 is 2.62 bits per heavy atom. The minimum Gasteiger partial charge on any atom is -0.435 e. The maximum atomic E-state index is 15.3. The molecule has 10 nitrogen and oxygen atoms in total. The van der Waals surface area contributed by atoms with E-state index in [2.05, 4.69) is 47.3 Å². The number of hydrogen-bond acceptors (Lipinski definition) is 8. The topological polar surface area (TPSA) is 111 Å². The van der Waals surface area contributed by atoms with Gasteiger partial charge in [-0.1, -0.05) is 6.92 Å². The number of amides is 1. The van der Waals surface area contributed by atoms with Crippen molar-refractivity contribution in [1.82, 2.24) is 30.2 Å². The van der Waals surface area contributed by atoms with Crippen molar-refractivity contribution in [3.63, 3.8) is 0 Å². The molecule has 1 saturated heterocycles. The molecule has 1 amide bonds. The number of halogens is 2. The second-order valence-electron chi connectivity index (χ2n) is 10.1. The summed E-state index contributed by atoms with van der Waals surface area (Å²) in [5.74, 6) is -1.92. The minimum absolute atomic E-state index is 0.0267. The van der Waals surface area contributed by atoms with Gasteiger partial charge in [0, 0.05) is 49.4 Å². The van der Waals surface area contributed by atoms with E-state index >= 15 is 4.39 Å². The molecule has 1 aliphatic carbocycles. The van der Waals surface area contributed by atoms with E-state index in [1.165, 1.54) is 12.4 Å². The van der Waals surface area contributed by atoms with Crippen molar-refractivity contribution in [1.29, 1.82) is 0 Å². The van der Waals surface area contributed by atoms with Gasteiger partial charge in [0.05, 0.1) is 17.4 Å². The second-order valence-corrected chi connectivity index (χ2v) is 10.1. The Hall–Kier alpha value is -4.32. The van der Waals surface area contributed by atoms with E-state index < -0.39 is 17.5 Å². The summed E-state index contributed by atoms with van der Waals surface area (Å²) >= 11 is 0. The quantitative estimate of drug-likeness (QED) is 0.295. The molecule has 0 atom stereocenters. The van der Waals surface area contributed by atoms with Crippen molar-refractivity contribution in [3.05, 3.63) is 59.7 Å². The van der Waals surface area contributed by atoms with Gasteiger partial charge in [-0.05, 0) is 44.5 Å². The molecule has 4 aromatic rings. The number of aromatic amines is 1. The zero-order valence-electron chi connectivity index (χ0n) is 22.3. The zero-order chi connectivity index (χ0) is 27.8. The lowest BCUT2D eigenvalue weighted by molar-refractivity contribution is 0.0948. The number of H-pyrrole nitrogens is 1. The Balaban J connectivity index is 1.29. The number of likely N-dealkylation sites (N-methyl/N-ethyl adjacent to an activating group) is 1. The number of anilines is 3. The standard InChI is InChI=1S/C28H30F2N8O2/c1-3-37-8-10-38(11-9-37)18-6-7-22(31-14-18)36-26-23(27(39)35-17-4-5-17)28(33-15-32-26)40-21-13-20(29)25-19(24(21)30)12-16(2)34-25/h6-7,12-15,17,34H,3-5,8-11H2,1-2H3,(H,35,39)(H,31,32,33,36). The van der Waals surface area contributed by atoms with E-state index in [4.69, 9.17) is 4.74 Å². The molecule has 208 valence electrons. The lowest BCUT2D eigenvalue weighted by Gasteiger charge is -2.35. The summed E-state index contributed by atoms with van der Waals surface area (Å²) in [6, 6.07) is 6.24. The molecule has 0 unspecified atom stereocenters. The molecule has 6 rings (SSSR count). The summed E-state index contributed by atoms with van der Waals surface area (Å²) in [6.45, 7) is 8.75. The minimum atomic E-state index is -0.764. The number of aryl methyl sites for hydroxylation is 1. The molecule has 1 saturated carbocycles. The van der Waals surface area contributed by atoms with Crippen LogP contribution in [0.25, 0.3) is 10.9 Å². The molecule has 1 aliphatic heterocycles. The highest BCUT2D eigenvalue weighted by molar-refractivity contribution is 6.01. The normalized spacial score (nSPS) is 15.8. The number of nitrogens with zero attached hydrogens (tertiary/aromatic N) is 5. The second kappa shape index (κ2) is 10.7. The van der Waals surface area contributed by atoms with Crippen molar-refractivity contribution >= 4 is 34.1 Å². The number of benzene rings is 1. The Morgan fingerprint density at radius 2 is 1.93 bits per heavy atom. The number of rotatable bonds is 8. The lowest BCUT2D eigenvalue weighted by atomic mass is 10.2. The highest BCUT2D eigenvalue weighted by Gasteiger charge is 2.29. The predicted octanol–water partition coefficient (Wildman–Crippen LogP) is 4.51. The first-order valence-corrected chi connectivity index (χ1v) is 13.4. The summed E-state index contributed by atoms with van der Waals surface area (Å²) in [4.78, 5) is 33.7. The van der Waals surface area contributed by atoms with Crippen LogP contribution in [0.3, 0.4) is 0 Å². The van der Waals surface area contributed by atoms with Crippen LogP contribution in [-0.4, -0.2) is 69.5 Å². The first-order chi connectivity index (χ1) is 19.4. The van der Waals surface area contributed by atoms with Gasteiger partial charge in [-0.2, -0.15) is 0 Å². The van der Waals surface area contributed by atoms with Gasteiger partial charge in [0.1, 0.15) is 17.7 Å². The Kier molecular flexibility index (Phi) is 6.93. The first-order valence-electron chi connectivity index (χ1n) is 13.4. The van der Waals surface area contributed by atoms with Gasteiger partial charge < -0.3 is 30.2 Å². The van der Waals surface area contributed by atoms with E-state index in [0.717, 1.165) is 57.3 Å². The number of pyridine rings is 1. The molecule has 2 aliphatic rings. The fraction of sp³-hybridized carbons (Fsp3) is 0.357. The first kappa shape index (κ1) is 25.9. The molecule has 4 heterocycles. The van der Waals surface area contributed by atoms with Crippen molar-refractivity contribution in [2.24, 2.45) is 0 Å². The zero-order valence-corrected chi connectivity index (χ0v) is 22.3.